The van der Waals surface area contributed by atoms with Gasteiger partial charge in [0.05, 0.1) is 22.8 Å². The first-order chi connectivity index (χ1) is 12.7. The van der Waals surface area contributed by atoms with Gasteiger partial charge >= 0.3 is 0 Å². The zero-order chi connectivity index (χ0) is 20.0. The van der Waals surface area contributed by atoms with E-state index in [1.807, 2.05) is 41.6 Å². The first-order valence-corrected chi connectivity index (χ1v) is 9.85. The number of halogens is 1. The number of ether oxygens (including phenoxy) is 1. The molecule has 0 saturated heterocycles. The molecule has 0 aromatic heterocycles. The summed E-state index contributed by atoms with van der Waals surface area (Å²) >= 11 is 2.02. The number of carbonyl (C=O) groups is 1. The summed E-state index contributed by atoms with van der Waals surface area (Å²) in [4.78, 5) is 12.1. The lowest BCUT2D eigenvalue weighted by Gasteiger charge is -2.19. The lowest BCUT2D eigenvalue weighted by molar-refractivity contribution is -0.120. The van der Waals surface area contributed by atoms with Crippen molar-refractivity contribution in [3.8, 4) is 11.5 Å². The minimum absolute atomic E-state index is 0.0903. The molecule has 2 N–H and O–H groups in total. The van der Waals surface area contributed by atoms with Crippen LogP contribution in [0.3, 0.4) is 0 Å². The average molecular weight is 480 g/mol. The standard InChI is InChI=1S/C21H25IN2O3/c1-5-27-18-11-15(10-17(22)20(18)26)13-23-24-19(25)12-14-6-8-16(9-7-14)21(2,3)4/h6-11,13,26H,5,12H2,1-4H3,(H,24,25)/b23-13-. The topological polar surface area (TPSA) is 70.9 Å². The normalized spacial score (nSPS) is 11.6. The average Bonchev–Trinajstić information content (AvgIpc) is 2.59. The Labute approximate surface area is 174 Å². The van der Waals surface area contributed by atoms with Crippen molar-refractivity contribution >= 4 is 34.7 Å². The van der Waals surface area contributed by atoms with Gasteiger partial charge < -0.3 is 9.84 Å². The van der Waals surface area contributed by atoms with Crippen molar-refractivity contribution in [2.45, 2.75) is 39.5 Å². The predicted molar refractivity (Wildman–Crippen MR) is 117 cm³/mol. The van der Waals surface area contributed by atoms with Gasteiger partial charge in [0.2, 0.25) is 5.91 Å². The number of phenolic OH excluding ortho intramolecular Hbond substituents is 1. The first-order valence-electron chi connectivity index (χ1n) is 8.77. The Hall–Kier alpha value is -2.09. The van der Waals surface area contributed by atoms with Gasteiger partial charge in [0.25, 0.3) is 0 Å². The van der Waals surface area contributed by atoms with E-state index in [1.165, 1.54) is 11.8 Å². The third kappa shape index (κ3) is 6.23. The van der Waals surface area contributed by atoms with Crippen molar-refractivity contribution in [3.05, 3.63) is 56.7 Å². The number of rotatable bonds is 6. The minimum atomic E-state index is -0.187. The van der Waals surface area contributed by atoms with Gasteiger partial charge in [0.1, 0.15) is 0 Å². The second-order valence-corrected chi connectivity index (χ2v) is 8.36. The Kier molecular flexibility index (Phi) is 7.24. The van der Waals surface area contributed by atoms with Crippen molar-refractivity contribution in [2.75, 3.05) is 6.61 Å². The molecule has 1 amide bonds. The number of nitrogens with zero attached hydrogens (tertiary/aromatic N) is 1. The van der Waals surface area contributed by atoms with Crippen molar-refractivity contribution < 1.29 is 14.6 Å². The molecule has 5 nitrogen and oxygen atoms in total. The van der Waals surface area contributed by atoms with Gasteiger partial charge in [-0.2, -0.15) is 5.10 Å². The smallest absolute Gasteiger partial charge is 0.244 e. The van der Waals surface area contributed by atoms with Crippen LogP contribution in [0, 0.1) is 3.57 Å². The summed E-state index contributed by atoms with van der Waals surface area (Å²) in [6.07, 6.45) is 1.80. The van der Waals surface area contributed by atoms with E-state index in [0.29, 0.717) is 15.9 Å². The number of benzene rings is 2. The van der Waals surface area contributed by atoms with E-state index < -0.39 is 0 Å². The molecule has 0 saturated carbocycles. The molecule has 2 aromatic carbocycles. The molecule has 27 heavy (non-hydrogen) atoms. The summed E-state index contributed by atoms with van der Waals surface area (Å²) in [5, 5.41) is 14.0. The monoisotopic (exact) mass is 480 g/mol. The number of amides is 1. The van der Waals surface area contributed by atoms with E-state index >= 15 is 0 Å². The second-order valence-electron chi connectivity index (χ2n) is 7.20. The number of hydrazone groups is 1. The zero-order valence-electron chi connectivity index (χ0n) is 16.0. The second kappa shape index (κ2) is 9.21. The maximum Gasteiger partial charge on any atom is 0.244 e. The molecule has 6 heteroatoms. The lowest BCUT2D eigenvalue weighted by atomic mass is 9.86. The molecule has 2 rings (SSSR count). The van der Waals surface area contributed by atoms with Gasteiger partial charge in [0.15, 0.2) is 11.5 Å². The predicted octanol–water partition coefficient (Wildman–Crippen LogP) is 4.39. The molecule has 0 bridgehead atoms. The summed E-state index contributed by atoms with van der Waals surface area (Å²) < 4.78 is 6.05. The van der Waals surface area contributed by atoms with Gasteiger partial charge in [-0.1, -0.05) is 45.0 Å². The van der Waals surface area contributed by atoms with Crippen molar-refractivity contribution in [2.24, 2.45) is 5.10 Å². The molecule has 0 heterocycles. The van der Waals surface area contributed by atoms with Crippen LogP contribution in [-0.2, 0) is 16.6 Å². The Morgan fingerprint density at radius 3 is 2.52 bits per heavy atom. The first kappa shape index (κ1) is 21.2. The molecule has 0 fully saturated rings. The van der Waals surface area contributed by atoms with E-state index in [-0.39, 0.29) is 23.5 Å². The van der Waals surface area contributed by atoms with E-state index in [2.05, 4.69) is 43.4 Å². The Morgan fingerprint density at radius 1 is 1.26 bits per heavy atom. The number of aromatic hydroxyl groups is 1. The molecular formula is C21H25IN2O3. The van der Waals surface area contributed by atoms with Crippen LogP contribution in [-0.4, -0.2) is 23.8 Å². The molecule has 0 aliphatic rings. The number of nitrogens with one attached hydrogen (secondary N) is 1. The van der Waals surface area contributed by atoms with E-state index in [4.69, 9.17) is 4.74 Å². The maximum absolute atomic E-state index is 12.1. The number of hydrogen-bond acceptors (Lipinski definition) is 4. The van der Waals surface area contributed by atoms with Gasteiger partial charge in [-0.25, -0.2) is 5.43 Å². The van der Waals surface area contributed by atoms with Gasteiger partial charge in [0, 0.05) is 0 Å². The molecule has 2 aromatic rings. The fourth-order valence-corrected chi connectivity index (χ4v) is 3.09. The van der Waals surface area contributed by atoms with Crippen LogP contribution in [0.25, 0.3) is 0 Å². The quantitative estimate of drug-likeness (QED) is 0.366. The number of carbonyl (C=O) groups excluding carboxylic acids is 1. The van der Waals surface area contributed by atoms with Gasteiger partial charge in [-0.15, -0.1) is 0 Å². The molecular weight excluding hydrogens is 455 g/mol. The van der Waals surface area contributed by atoms with E-state index in [0.717, 1.165) is 11.1 Å². The Bertz CT molecular complexity index is 825. The molecule has 0 unspecified atom stereocenters. The summed E-state index contributed by atoms with van der Waals surface area (Å²) in [6.45, 7) is 8.77. The highest BCUT2D eigenvalue weighted by Gasteiger charge is 2.13. The SMILES string of the molecule is CCOc1cc(/C=N\NC(=O)Cc2ccc(C(C)(C)C)cc2)cc(I)c1O. The molecule has 0 spiro atoms. The summed E-state index contributed by atoms with van der Waals surface area (Å²) in [5.74, 6) is 0.321. The highest BCUT2D eigenvalue weighted by molar-refractivity contribution is 14.1. The van der Waals surface area contributed by atoms with Crippen LogP contribution in [0.4, 0.5) is 0 Å². The molecule has 0 atom stereocenters. The molecule has 0 aliphatic heterocycles. The maximum atomic E-state index is 12.1. The van der Waals surface area contributed by atoms with Crippen LogP contribution < -0.4 is 10.2 Å². The molecule has 0 aliphatic carbocycles. The lowest BCUT2D eigenvalue weighted by Crippen LogP contribution is -2.20. The molecule has 144 valence electrons. The molecule has 0 radical (unpaired) electrons. The van der Waals surface area contributed by atoms with E-state index in [1.54, 1.807) is 12.1 Å². The number of hydrogen-bond donors (Lipinski definition) is 2. The summed E-state index contributed by atoms with van der Waals surface area (Å²) in [5.41, 5.74) is 5.53. The highest BCUT2D eigenvalue weighted by Crippen LogP contribution is 2.32. The largest absolute Gasteiger partial charge is 0.504 e. The third-order valence-corrected chi connectivity index (χ3v) is 4.76. The van der Waals surface area contributed by atoms with Crippen molar-refractivity contribution in [3.63, 3.8) is 0 Å². The van der Waals surface area contributed by atoms with Crippen LogP contribution in [0.15, 0.2) is 41.5 Å². The van der Waals surface area contributed by atoms with Crippen molar-refractivity contribution in [1.29, 1.82) is 0 Å². The fraction of sp³-hybridized carbons (Fsp3) is 0.333. The summed E-state index contributed by atoms with van der Waals surface area (Å²) in [7, 11) is 0. The van der Waals surface area contributed by atoms with Crippen LogP contribution in [0.2, 0.25) is 0 Å². The van der Waals surface area contributed by atoms with Gasteiger partial charge in [-0.05, 0) is 63.8 Å². The van der Waals surface area contributed by atoms with Crippen molar-refractivity contribution in [1.82, 2.24) is 5.43 Å². The Morgan fingerprint density at radius 2 is 1.93 bits per heavy atom. The van der Waals surface area contributed by atoms with E-state index in [9.17, 15) is 9.90 Å². The fourth-order valence-electron chi connectivity index (χ4n) is 2.46. The Balaban J connectivity index is 1.97. The highest BCUT2D eigenvalue weighted by atomic mass is 127. The summed E-state index contributed by atoms with van der Waals surface area (Å²) in [6, 6.07) is 11.5. The third-order valence-electron chi connectivity index (χ3n) is 3.94. The minimum Gasteiger partial charge on any atom is -0.504 e. The zero-order valence-corrected chi connectivity index (χ0v) is 18.2. The van der Waals surface area contributed by atoms with Gasteiger partial charge in [-0.3, -0.25) is 4.79 Å². The van der Waals surface area contributed by atoms with Crippen LogP contribution in [0.1, 0.15) is 44.4 Å². The van der Waals surface area contributed by atoms with Crippen LogP contribution in [0.5, 0.6) is 11.5 Å². The number of phenols is 1. The van der Waals surface area contributed by atoms with Crippen LogP contribution >= 0.6 is 22.6 Å².